The van der Waals surface area contributed by atoms with Crippen LogP contribution in [0.3, 0.4) is 0 Å². The fraction of sp³-hybridized carbons (Fsp3) is 1.00. The second-order valence-electron chi connectivity index (χ2n) is 2.34. The molecule has 0 radical (unpaired) electrons. The molecule has 0 aliphatic carbocycles. The van der Waals surface area contributed by atoms with Gasteiger partial charge < -0.3 is 9.84 Å². The number of hydrogen-bond donors (Lipinski definition) is 1. The van der Waals surface area contributed by atoms with Gasteiger partial charge in [0.15, 0.2) is 0 Å². The largest absolute Gasteiger partial charge is 0.441 e. The quantitative estimate of drug-likeness (QED) is 0.663. The van der Waals surface area contributed by atoms with Crippen LogP contribution in [0.2, 0.25) is 0 Å². The number of aliphatic hydroxyl groups is 1. The molecule has 0 bridgehead atoms. The zero-order valence-corrected chi connectivity index (χ0v) is 7.96. The molecule has 0 aromatic heterocycles. The van der Waals surface area contributed by atoms with Gasteiger partial charge in [-0.2, -0.15) is 13.2 Å². The highest BCUT2D eigenvalue weighted by atomic mass is 32.2. The molecule has 0 amide bonds. The summed E-state index contributed by atoms with van der Waals surface area (Å²) in [6, 6.07) is 0. The van der Waals surface area contributed by atoms with Crippen LogP contribution in [-0.2, 0) is 4.74 Å². The molecule has 13 heavy (non-hydrogen) atoms. The maximum atomic E-state index is 11.6. The Morgan fingerprint density at radius 1 is 1.15 bits per heavy atom. The van der Waals surface area contributed by atoms with Crippen molar-refractivity contribution in [2.75, 3.05) is 25.6 Å². The summed E-state index contributed by atoms with van der Waals surface area (Å²) >= 11 is -0.0320. The molecule has 2 nitrogen and oxygen atoms in total. The van der Waals surface area contributed by atoms with E-state index in [-0.39, 0.29) is 24.1 Å². The Kier molecular flexibility index (Phi) is 7.50. The standard InChI is InChI=1S/C7H13F3O2S/c8-7(9,10)13-6-2-5-12-4-1-3-11/h11H,1-6H2. The molecule has 0 unspecified atom stereocenters. The van der Waals surface area contributed by atoms with Gasteiger partial charge in [0.2, 0.25) is 0 Å². The van der Waals surface area contributed by atoms with Crippen LogP contribution < -0.4 is 0 Å². The Hall–Kier alpha value is 0.0600. The van der Waals surface area contributed by atoms with E-state index in [0.717, 1.165) is 0 Å². The molecule has 6 heteroatoms. The molecule has 0 saturated heterocycles. The average molecular weight is 218 g/mol. The van der Waals surface area contributed by atoms with E-state index in [1.807, 2.05) is 0 Å². The topological polar surface area (TPSA) is 29.5 Å². The molecule has 80 valence electrons. The molecular formula is C7H13F3O2S. The smallest absolute Gasteiger partial charge is 0.396 e. The van der Waals surface area contributed by atoms with Gasteiger partial charge in [0.05, 0.1) is 0 Å². The summed E-state index contributed by atoms with van der Waals surface area (Å²) in [5, 5.41) is 8.34. The number of rotatable bonds is 7. The van der Waals surface area contributed by atoms with Crippen molar-refractivity contribution in [2.45, 2.75) is 18.3 Å². The van der Waals surface area contributed by atoms with Crippen molar-refractivity contribution in [3.8, 4) is 0 Å². The van der Waals surface area contributed by atoms with Gasteiger partial charge in [-0.1, -0.05) is 11.8 Å². The summed E-state index contributed by atoms with van der Waals surface area (Å²) in [4.78, 5) is 0. The molecule has 0 rings (SSSR count). The minimum atomic E-state index is -4.13. The summed E-state index contributed by atoms with van der Waals surface area (Å²) in [6.07, 6.45) is 0.919. The summed E-state index contributed by atoms with van der Waals surface area (Å²) in [6.45, 7) is 0.785. The van der Waals surface area contributed by atoms with Crippen molar-refractivity contribution in [2.24, 2.45) is 0 Å². The van der Waals surface area contributed by atoms with Crippen molar-refractivity contribution >= 4 is 11.8 Å². The maximum absolute atomic E-state index is 11.6. The van der Waals surface area contributed by atoms with Crippen LogP contribution in [0.4, 0.5) is 13.2 Å². The lowest BCUT2D eigenvalue weighted by molar-refractivity contribution is -0.0328. The normalized spacial score (nSPS) is 12.0. The van der Waals surface area contributed by atoms with E-state index in [2.05, 4.69) is 0 Å². The fourth-order valence-electron chi connectivity index (χ4n) is 0.618. The van der Waals surface area contributed by atoms with E-state index < -0.39 is 5.51 Å². The zero-order chi connectivity index (χ0) is 10.2. The van der Waals surface area contributed by atoms with Crippen LogP contribution in [0.15, 0.2) is 0 Å². The van der Waals surface area contributed by atoms with Crippen LogP contribution in [0.25, 0.3) is 0 Å². The first-order valence-electron chi connectivity index (χ1n) is 3.95. The third-order valence-corrected chi connectivity index (χ3v) is 1.97. The van der Waals surface area contributed by atoms with Gasteiger partial charge in [-0.05, 0) is 12.8 Å². The Labute approximate surface area is 79.5 Å². The summed E-state index contributed by atoms with van der Waals surface area (Å²) in [5.41, 5.74) is -4.13. The van der Waals surface area contributed by atoms with E-state index in [9.17, 15) is 13.2 Å². The molecule has 0 fully saturated rings. The number of ether oxygens (including phenoxy) is 1. The first-order valence-corrected chi connectivity index (χ1v) is 4.94. The van der Waals surface area contributed by atoms with Crippen LogP contribution in [0.1, 0.15) is 12.8 Å². The number of halogens is 3. The third-order valence-electron chi connectivity index (χ3n) is 1.15. The highest BCUT2D eigenvalue weighted by molar-refractivity contribution is 8.00. The molecule has 0 heterocycles. The van der Waals surface area contributed by atoms with Gasteiger partial charge in [-0.15, -0.1) is 0 Å². The van der Waals surface area contributed by atoms with E-state index in [0.29, 0.717) is 26.1 Å². The molecule has 0 atom stereocenters. The van der Waals surface area contributed by atoms with E-state index in [4.69, 9.17) is 9.84 Å². The average Bonchev–Trinajstić information content (AvgIpc) is 2.01. The minimum Gasteiger partial charge on any atom is -0.396 e. The Morgan fingerprint density at radius 2 is 1.77 bits per heavy atom. The Bertz CT molecular complexity index is 119. The van der Waals surface area contributed by atoms with Crippen molar-refractivity contribution in [1.29, 1.82) is 0 Å². The molecule has 0 aliphatic heterocycles. The van der Waals surface area contributed by atoms with Crippen LogP contribution >= 0.6 is 11.8 Å². The number of hydrogen-bond acceptors (Lipinski definition) is 3. The van der Waals surface area contributed by atoms with Crippen LogP contribution in [0.5, 0.6) is 0 Å². The van der Waals surface area contributed by atoms with E-state index in [1.54, 1.807) is 0 Å². The lowest BCUT2D eigenvalue weighted by Gasteiger charge is -2.05. The highest BCUT2D eigenvalue weighted by Crippen LogP contribution is 2.30. The molecule has 0 aromatic rings. The third kappa shape index (κ3) is 12.1. The molecule has 1 N–H and O–H groups in total. The van der Waals surface area contributed by atoms with Crippen molar-refractivity contribution in [3.63, 3.8) is 0 Å². The minimum absolute atomic E-state index is 0.0304. The predicted octanol–water partition coefficient (Wildman–Crippen LogP) is 2.03. The fourth-order valence-corrected chi connectivity index (χ4v) is 1.11. The first kappa shape index (κ1) is 13.1. The zero-order valence-electron chi connectivity index (χ0n) is 7.14. The molecule has 0 spiro atoms. The van der Waals surface area contributed by atoms with E-state index in [1.165, 1.54) is 0 Å². The number of thioether (sulfide) groups is 1. The second-order valence-corrected chi connectivity index (χ2v) is 3.50. The summed E-state index contributed by atoms with van der Waals surface area (Å²) in [7, 11) is 0. The SMILES string of the molecule is OCCCOCCCSC(F)(F)F. The van der Waals surface area contributed by atoms with Crippen molar-refractivity contribution in [3.05, 3.63) is 0 Å². The lowest BCUT2D eigenvalue weighted by atomic mass is 10.5. The Morgan fingerprint density at radius 3 is 2.31 bits per heavy atom. The van der Waals surface area contributed by atoms with Gasteiger partial charge in [0, 0.05) is 25.6 Å². The number of aliphatic hydroxyl groups excluding tert-OH is 1. The maximum Gasteiger partial charge on any atom is 0.441 e. The highest BCUT2D eigenvalue weighted by Gasteiger charge is 2.27. The van der Waals surface area contributed by atoms with Gasteiger partial charge in [-0.25, -0.2) is 0 Å². The van der Waals surface area contributed by atoms with Gasteiger partial charge in [0.25, 0.3) is 0 Å². The van der Waals surface area contributed by atoms with E-state index >= 15 is 0 Å². The molecule has 0 aliphatic rings. The molecular weight excluding hydrogens is 205 g/mol. The van der Waals surface area contributed by atoms with Gasteiger partial charge in [0.1, 0.15) is 0 Å². The summed E-state index contributed by atoms with van der Waals surface area (Å²) in [5.74, 6) is 0.0304. The molecule has 0 aromatic carbocycles. The lowest BCUT2D eigenvalue weighted by Crippen LogP contribution is -2.04. The van der Waals surface area contributed by atoms with Gasteiger partial charge >= 0.3 is 5.51 Å². The van der Waals surface area contributed by atoms with Crippen LogP contribution in [0, 0.1) is 0 Å². The summed E-state index contributed by atoms with van der Waals surface area (Å²) < 4.78 is 39.7. The Balaban J connectivity index is 3.00. The monoisotopic (exact) mass is 218 g/mol. The van der Waals surface area contributed by atoms with Crippen molar-refractivity contribution < 1.29 is 23.0 Å². The first-order chi connectivity index (χ1) is 6.06. The van der Waals surface area contributed by atoms with Gasteiger partial charge in [-0.3, -0.25) is 0 Å². The van der Waals surface area contributed by atoms with Crippen molar-refractivity contribution in [1.82, 2.24) is 0 Å². The molecule has 0 saturated carbocycles. The number of alkyl halides is 3. The predicted molar refractivity (Wildman–Crippen MR) is 45.7 cm³/mol. The van der Waals surface area contributed by atoms with Crippen LogP contribution in [-0.4, -0.2) is 36.2 Å². The second kappa shape index (κ2) is 7.46.